The first-order valence-electron chi connectivity index (χ1n) is 4.79. The van der Waals surface area contributed by atoms with E-state index in [4.69, 9.17) is 40.2 Å². The number of methoxy groups -OCH3 is 1. The van der Waals surface area contributed by atoms with Gasteiger partial charge in [0.1, 0.15) is 10.1 Å². The van der Waals surface area contributed by atoms with Crippen LogP contribution in [0.15, 0.2) is 17.0 Å². The Balaban J connectivity index is 2.48. The minimum absolute atomic E-state index is 0.233. The molecule has 7 heteroatoms. The second kappa shape index (κ2) is 5.48. The Kier molecular flexibility index (Phi) is 4.17. The highest BCUT2D eigenvalue weighted by Crippen LogP contribution is 2.35. The second-order valence-corrected chi connectivity index (χ2v) is 5.92. The van der Waals surface area contributed by atoms with Gasteiger partial charge in [0.2, 0.25) is 0 Å². The summed E-state index contributed by atoms with van der Waals surface area (Å²) in [6.45, 7) is 0. The molecule has 1 aliphatic heterocycles. The van der Waals surface area contributed by atoms with Crippen molar-refractivity contribution in [2.75, 3.05) is 7.11 Å². The Morgan fingerprint density at radius 1 is 1.44 bits per heavy atom. The van der Waals surface area contributed by atoms with Crippen LogP contribution < -0.4 is 10.1 Å². The predicted octanol–water partition coefficient (Wildman–Crippen LogP) is 3.49. The Morgan fingerprint density at radius 3 is 2.72 bits per heavy atom. The number of hydrogen-bond acceptors (Lipinski definition) is 4. The lowest BCUT2D eigenvalue weighted by atomic mass is 10.2. The summed E-state index contributed by atoms with van der Waals surface area (Å²) >= 11 is 18.0. The number of benzene rings is 1. The number of ether oxygens (including phenoxy) is 1. The van der Waals surface area contributed by atoms with Crippen LogP contribution >= 0.6 is 47.2 Å². The van der Waals surface area contributed by atoms with Crippen LogP contribution in [0.1, 0.15) is 5.56 Å². The van der Waals surface area contributed by atoms with E-state index >= 15 is 0 Å². The summed E-state index contributed by atoms with van der Waals surface area (Å²) in [7, 11) is 1.50. The molecule has 1 saturated heterocycles. The topological polar surface area (TPSA) is 38.3 Å². The molecule has 1 aromatic rings. The molecular formula is C11H7Cl2NO2S2. The Labute approximate surface area is 123 Å². The molecule has 1 heterocycles. The lowest BCUT2D eigenvalue weighted by Crippen LogP contribution is -2.17. The molecule has 1 amide bonds. The maximum atomic E-state index is 11.6. The maximum absolute atomic E-state index is 11.6. The van der Waals surface area contributed by atoms with Crippen LogP contribution in [0.4, 0.5) is 0 Å². The van der Waals surface area contributed by atoms with E-state index in [0.29, 0.717) is 30.6 Å². The smallest absolute Gasteiger partial charge is 0.263 e. The van der Waals surface area contributed by atoms with Crippen LogP contribution in [-0.2, 0) is 4.79 Å². The molecule has 1 aliphatic rings. The van der Waals surface area contributed by atoms with E-state index in [1.807, 2.05) is 0 Å². The van der Waals surface area contributed by atoms with Crippen molar-refractivity contribution in [3.8, 4) is 5.75 Å². The van der Waals surface area contributed by atoms with Crippen LogP contribution in [0.2, 0.25) is 10.0 Å². The average Bonchev–Trinajstić information content (AvgIpc) is 2.57. The van der Waals surface area contributed by atoms with Gasteiger partial charge in [0.15, 0.2) is 0 Å². The van der Waals surface area contributed by atoms with E-state index in [1.54, 1.807) is 18.2 Å². The van der Waals surface area contributed by atoms with Crippen molar-refractivity contribution in [2.24, 2.45) is 0 Å². The highest BCUT2D eigenvalue weighted by Gasteiger charge is 2.23. The fourth-order valence-electron chi connectivity index (χ4n) is 1.47. The number of nitrogens with one attached hydrogen (secondary N) is 1. The molecule has 1 aromatic carbocycles. The van der Waals surface area contributed by atoms with E-state index in [9.17, 15) is 4.79 Å². The number of carbonyl (C=O) groups excluding carboxylic acids is 1. The predicted molar refractivity (Wildman–Crippen MR) is 79.3 cm³/mol. The summed E-state index contributed by atoms with van der Waals surface area (Å²) in [5.74, 6) is 0.239. The van der Waals surface area contributed by atoms with Crippen molar-refractivity contribution in [1.29, 1.82) is 0 Å². The van der Waals surface area contributed by atoms with Gasteiger partial charge in [-0.1, -0.05) is 47.2 Å². The summed E-state index contributed by atoms with van der Waals surface area (Å²) in [6, 6.07) is 3.25. The van der Waals surface area contributed by atoms with Gasteiger partial charge < -0.3 is 10.1 Å². The molecule has 0 spiro atoms. The van der Waals surface area contributed by atoms with Crippen LogP contribution in [0.3, 0.4) is 0 Å². The Morgan fingerprint density at radius 2 is 2.17 bits per heavy atom. The lowest BCUT2D eigenvalue weighted by Gasteiger charge is -2.08. The van der Waals surface area contributed by atoms with Crippen molar-refractivity contribution in [3.05, 3.63) is 32.6 Å². The zero-order valence-electron chi connectivity index (χ0n) is 9.12. The van der Waals surface area contributed by atoms with Gasteiger partial charge in [0.05, 0.1) is 17.0 Å². The molecular weight excluding hydrogens is 313 g/mol. The van der Waals surface area contributed by atoms with E-state index < -0.39 is 0 Å². The number of amides is 1. The van der Waals surface area contributed by atoms with Crippen LogP contribution in [0.25, 0.3) is 6.08 Å². The molecule has 0 saturated carbocycles. The molecule has 0 radical (unpaired) electrons. The first kappa shape index (κ1) is 13.7. The molecule has 0 atom stereocenters. The molecule has 1 fully saturated rings. The largest absolute Gasteiger partial charge is 0.495 e. The second-order valence-electron chi connectivity index (χ2n) is 3.36. The highest BCUT2D eigenvalue weighted by atomic mass is 35.5. The molecule has 0 aromatic heterocycles. The van der Waals surface area contributed by atoms with Crippen molar-refractivity contribution in [3.63, 3.8) is 0 Å². The van der Waals surface area contributed by atoms with Crippen molar-refractivity contribution >= 4 is 63.5 Å². The molecule has 18 heavy (non-hydrogen) atoms. The van der Waals surface area contributed by atoms with E-state index in [-0.39, 0.29) is 5.91 Å². The summed E-state index contributed by atoms with van der Waals surface area (Å²) in [5.41, 5.74) is 0.636. The number of hydrogen-bond donors (Lipinski definition) is 1. The van der Waals surface area contributed by atoms with E-state index in [1.165, 1.54) is 18.9 Å². The monoisotopic (exact) mass is 319 g/mol. The molecule has 0 aliphatic carbocycles. The summed E-state index contributed by atoms with van der Waals surface area (Å²) in [4.78, 5) is 12.0. The van der Waals surface area contributed by atoms with Crippen LogP contribution in [0, 0.1) is 0 Å². The zero-order chi connectivity index (χ0) is 13.3. The normalized spacial score (nSPS) is 17.2. The minimum atomic E-state index is -0.233. The minimum Gasteiger partial charge on any atom is -0.495 e. The maximum Gasteiger partial charge on any atom is 0.263 e. The number of carbonyl (C=O) groups is 1. The van der Waals surface area contributed by atoms with E-state index in [0.717, 1.165) is 0 Å². The van der Waals surface area contributed by atoms with Crippen LogP contribution in [0.5, 0.6) is 5.75 Å². The zero-order valence-corrected chi connectivity index (χ0v) is 12.3. The molecule has 3 nitrogen and oxygen atoms in total. The van der Waals surface area contributed by atoms with Crippen molar-refractivity contribution in [2.45, 2.75) is 0 Å². The third-order valence-electron chi connectivity index (χ3n) is 2.17. The first-order valence-corrected chi connectivity index (χ1v) is 6.77. The van der Waals surface area contributed by atoms with Gasteiger partial charge >= 0.3 is 0 Å². The molecule has 2 rings (SSSR count). The van der Waals surface area contributed by atoms with Crippen LogP contribution in [-0.4, -0.2) is 17.3 Å². The van der Waals surface area contributed by atoms with Gasteiger partial charge in [-0.2, -0.15) is 0 Å². The fraction of sp³-hybridized carbons (Fsp3) is 0.0909. The number of thiocarbonyl (C=S) groups is 1. The number of halogens is 2. The number of rotatable bonds is 2. The SMILES string of the molecule is COc1c(Cl)cc(Cl)cc1/C=C1/SC(=S)NC1=O. The van der Waals surface area contributed by atoms with Gasteiger partial charge in [0.25, 0.3) is 5.91 Å². The van der Waals surface area contributed by atoms with E-state index in [2.05, 4.69) is 5.32 Å². The molecule has 1 N–H and O–H groups in total. The van der Waals surface area contributed by atoms with Gasteiger partial charge in [0, 0.05) is 10.6 Å². The highest BCUT2D eigenvalue weighted by molar-refractivity contribution is 8.26. The number of thioether (sulfide) groups is 1. The Hall–Kier alpha value is -0.750. The van der Waals surface area contributed by atoms with Gasteiger partial charge in [-0.25, -0.2) is 0 Å². The van der Waals surface area contributed by atoms with Gasteiger partial charge in [-0.15, -0.1) is 0 Å². The van der Waals surface area contributed by atoms with Gasteiger partial charge in [-0.3, -0.25) is 4.79 Å². The molecule has 0 bridgehead atoms. The van der Waals surface area contributed by atoms with Crippen molar-refractivity contribution < 1.29 is 9.53 Å². The quantitative estimate of drug-likeness (QED) is 0.669. The first-order chi connectivity index (χ1) is 8.51. The molecule has 94 valence electrons. The van der Waals surface area contributed by atoms with Gasteiger partial charge in [-0.05, 0) is 18.2 Å². The summed E-state index contributed by atoms with van der Waals surface area (Å²) in [5, 5.41) is 3.40. The summed E-state index contributed by atoms with van der Waals surface area (Å²) < 4.78 is 5.62. The fourth-order valence-corrected chi connectivity index (χ4v) is 3.09. The Bertz CT molecular complexity index is 572. The third kappa shape index (κ3) is 2.80. The summed E-state index contributed by atoms with van der Waals surface area (Å²) in [6.07, 6.45) is 1.65. The van der Waals surface area contributed by atoms with Crippen molar-refractivity contribution in [1.82, 2.24) is 5.32 Å². The standard InChI is InChI=1S/C11H7Cl2NO2S2/c1-16-9-5(2-6(12)4-7(9)13)3-8-10(15)14-11(17)18-8/h2-4H,1H3,(H,14,15,17)/b8-3+. The third-order valence-corrected chi connectivity index (χ3v) is 3.83. The molecule has 0 unspecified atom stereocenters. The lowest BCUT2D eigenvalue weighted by molar-refractivity contribution is -0.115. The average molecular weight is 320 g/mol.